The molecular weight excluding hydrogens is 464 g/mol. The number of methoxy groups -OCH3 is 1. The van der Waals surface area contributed by atoms with Crippen LogP contribution in [0.4, 0.5) is 11.5 Å². The molecular formula is C29H24N6O2. The molecule has 0 bridgehead atoms. The Morgan fingerprint density at radius 3 is 2.62 bits per heavy atom. The summed E-state index contributed by atoms with van der Waals surface area (Å²) >= 11 is 0. The van der Waals surface area contributed by atoms with Gasteiger partial charge in [0.05, 0.1) is 31.3 Å². The van der Waals surface area contributed by atoms with E-state index in [1.165, 1.54) is 6.20 Å². The van der Waals surface area contributed by atoms with Crippen molar-refractivity contribution in [2.75, 3.05) is 12.4 Å². The van der Waals surface area contributed by atoms with Gasteiger partial charge < -0.3 is 10.1 Å². The first-order valence-corrected chi connectivity index (χ1v) is 11.7. The van der Waals surface area contributed by atoms with Crippen LogP contribution in [-0.4, -0.2) is 26.6 Å². The van der Waals surface area contributed by atoms with Crippen LogP contribution >= 0.6 is 0 Å². The lowest BCUT2D eigenvalue weighted by molar-refractivity contribution is 0.413. The van der Waals surface area contributed by atoms with Gasteiger partial charge in [-0.1, -0.05) is 36.4 Å². The lowest BCUT2D eigenvalue weighted by Crippen LogP contribution is -2.26. The van der Waals surface area contributed by atoms with Gasteiger partial charge >= 0.3 is 0 Å². The summed E-state index contributed by atoms with van der Waals surface area (Å²) in [5, 5.41) is 4.71. The topological polar surface area (TPSA) is 86.3 Å². The van der Waals surface area contributed by atoms with Gasteiger partial charge in [0.1, 0.15) is 17.4 Å². The first-order chi connectivity index (χ1) is 18.0. The number of ether oxygens (including phenoxy) is 1. The van der Waals surface area contributed by atoms with Gasteiger partial charge in [-0.2, -0.15) is 0 Å². The Hall–Kier alpha value is -5.03. The molecule has 8 heteroatoms. The van der Waals surface area contributed by atoms with Gasteiger partial charge in [0, 0.05) is 29.3 Å². The van der Waals surface area contributed by atoms with E-state index in [0.29, 0.717) is 28.5 Å². The van der Waals surface area contributed by atoms with E-state index in [0.717, 1.165) is 27.9 Å². The zero-order chi connectivity index (χ0) is 25.9. The predicted octanol–water partition coefficient (Wildman–Crippen LogP) is 5.88. The predicted molar refractivity (Wildman–Crippen MR) is 144 cm³/mol. The normalized spacial score (nSPS) is 11.6. The number of rotatable bonds is 6. The zero-order valence-corrected chi connectivity index (χ0v) is 20.6. The molecule has 1 N–H and O–H groups in total. The van der Waals surface area contributed by atoms with Crippen LogP contribution in [0.5, 0.6) is 5.75 Å². The highest BCUT2D eigenvalue weighted by atomic mass is 16.5. The van der Waals surface area contributed by atoms with Crippen molar-refractivity contribution >= 4 is 22.3 Å². The van der Waals surface area contributed by atoms with E-state index < -0.39 is 0 Å². The fourth-order valence-electron chi connectivity index (χ4n) is 4.39. The lowest BCUT2D eigenvalue weighted by Gasteiger charge is -2.22. The summed E-state index contributed by atoms with van der Waals surface area (Å²) in [6.45, 7) is 11.2. The molecule has 0 unspecified atom stereocenters. The maximum atomic E-state index is 14.2. The second kappa shape index (κ2) is 9.91. The Morgan fingerprint density at radius 1 is 1.05 bits per heavy atom. The molecule has 0 aliphatic carbocycles. The van der Waals surface area contributed by atoms with Crippen LogP contribution in [-0.2, 0) is 0 Å². The Kier molecular flexibility index (Phi) is 6.35. The number of benzene rings is 2. The quantitative estimate of drug-likeness (QED) is 0.300. The smallest absolute Gasteiger partial charge is 0.263 e. The molecule has 0 saturated carbocycles. The van der Waals surface area contributed by atoms with Gasteiger partial charge in [0.2, 0.25) is 5.69 Å². The molecule has 0 radical (unpaired) electrons. The maximum Gasteiger partial charge on any atom is 0.263 e. The SMILES string of the molecule is [C-]#[N+]c1cnc(C)nc1N[C@@H](C)c1cc2cccc(-c3cncc(OC)c3)c2c(=O)n1-c1ccccc1. The summed E-state index contributed by atoms with van der Waals surface area (Å²) in [6.07, 6.45) is 4.86. The van der Waals surface area contributed by atoms with Crippen molar-refractivity contribution in [3.63, 3.8) is 0 Å². The summed E-state index contributed by atoms with van der Waals surface area (Å²) in [6, 6.07) is 18.8. The minimum atomic E-state index is -0.353. The minimum absolute atomic E-state index is 0.157. The standard InChI is InChI=1S/C29H24N6O2/c1-18(33-28-25(30-3)17-32-19(2)34-28)26-14-20-9-8-12-24(21-13-23(37-4)16-31-15-21)27(20)29(36)35(26)22-10-6-5-7-11-22/h5-18H,1-2,4H3,(H,32,33,34)/t18-/m0/s1. The van der Waals surface area contributed by atoms with Gasteiger partial charge in [-0.25, -0.2) is 9.83 Å². The fraction of sp³-hybridized carbons (Fsp3) is 0.138. The monoisotopic (exact) mass is 488 g/mol. The summed E-state index contributed by atoms with van der Waals surface area (Å²) in [5.41, 5.74) is 3.19. The molecule has 0 spiro atoms. The molecule has 0 aliphatic heterocycles. The number of anilines is 1. The van der Waals surface area contributed by atoms with Crippen LogP contribution in [0, 0.1) is 13.5 Å². The first kappa shape index (κ1) is 23.7. The van der Waals surface area contributed by atoms with E-state index in [9.17, 15) is 4.79 Å². The van der Waals surface area contributed by atoms with Crippen LogP contribution in [0.1, 0.15) is 24.5 Å². The summed E-state index contributed by atoms with van der Waals surface area (Å²) in [5.74, 6) is 1.60. The van der Waals surface area contributed by atoms with E-state index in [2.05, 4.69) is 25.1 Å². The van der Waals surface area contributed by atoms with E-state index in [1.807, 2.05) is 67.6 Å². The molecule has 3 heterocycles. The lowest BCUT2D eigenvalue weighted by atomic mass is 9.98. The summed E-state index contributed by atoms with van der Waals surface area (Å²) in [7, 11) is 1.59. The highest BCUT2D eigenvalue weighted by molar-refractivity contribution is 5.96. The van der Waals surface area contributed by atoms with Gasteiger partial charge in [-0.15, -0.1) is 0 Å². The van der Waals surface area contributed by atoms with Gasteiger partial charge in [0.15, 0.2) is 0 Å². The first-order valence-electron chi connectivity index (χ1n) is 11.7. The third kappa shape index (κ3) is 4.50. The Bertz CT molecular complexity index is 1710. The van der Waals surface area contributed by atoms with E-state index in [1.54, 1.807) is 31.0 Å². The third-order valence-electron chi connectivity index (χ3n) is 6.16. The molecule has 0 aliphatic rings. The summed E-state index contributed by atoms with van der Waals surface area (Å²) in [4.78, 5) is 30.6. The van der Waals surface area contributed by atoms with Crippen LogP contribution in [0.2, 0.25) is 0 Å². The number of aryl methyl sites for hydroxylation is 1. The highest BCUT2D eigenvalue weighted by Gasteiger charge is 2.20. The van der Waals surface area contributed by atoms with Crippen molar-refractivity contribution in [2.45, 2.75) is 19.9 Å². The number of pyridine rings is 2. The van der Waals surface area contributed by atoms with Crippen LogP contribution in [0.15, 0.2) is 84.0 Å². The number of fused-ring (bicyclic) bond motifs is 1. The average Bonchev–Trinajstić information content (AvgIpc) is 2.93. The maximum absolute atomic E-state index is 14.2. The Labute approximate surface area is 214 Å². The van der Waals surface area contributed by atoms with E-state index in [4.69, 9.17) is 11.3 Å². The fourth-order valence-corrected chi connectivity index (χ4v) is 4.39. The van der Waals surface area contributed by atoms with Crippen LogP contribution in [0.25, 0.3) is 32.4 Å². The van der Waals surface area contributed by atoms with Crippen LogP contribution < -0.4 is 15.6 Å². The van der Waals surface area contributed by atoms with Crippen molar-refractivity contribution in [1.82, 2.24) is 19.5 Å². The van der Waals surface area contributed by atoms with Crippen molar-refractivity contribution in [3.05, 3.63) is 113 Å². The number of para-hydroxylation sites is 1. The molecule has 2 aromatic carbocycles. The molecule has 37 heavy (non-hydrogen) atoms. The largest absolute Gasteiger partial charge is 0.495 e. The molecule has 1 atom stereocenters. The molecule has 0 fully saturated rings. The van der Waals surface area contributed by atoms with Gasteiger partial charge in [-0.3, -0.25) is 19.3 Å². The van der Waals surface area contributed by atoms with Crippen molar-refractivity contribution in [1.29, 1.82) is 0 Å². The van der Waals surface area contributed by atoms with Gasteiger partial charge in [0.25, 0.3) is 5.56 Å². The average molecular weight is 489 g/mol. The van der Waals surface area contributed by atoms with Crippen molar-refractivity contribution in [3.8, 4) is 22.6 Å². The van der Waals surface area contributed by atoms with E-state index in [-0.39, 0.29) is 11.6 Å². The minimum Gasteiger partial charge on any atom is -0.495 e. The number of aromatic nitrogens is 4. The van der Waals surface area contributed by atoms with Gasteiger partial charge in [-0.05, 0) is 49.1 Å². The molecule has 3 aromatic heterocycles. The Morgan fingerprint density at radius 2 is 1.86 bits per heavy atom. The molecule has 182 valence electrons. The van der Waals surface area contributed by atoms with Crippen LogP contribution in [0.3, 0.4) is 0 Å². The van der Waals surface area contributed by atoms with Crippen molar-refractivity contribution < 1.29 is 4.74 Å². The second-order valence-corrected chi connectivity index (χ2v) is 8.56. The van der Waals surface area contributed by atoms with Crippen molar-refractivity contribution in [2.24, 2.45) is 0 Å². The second-order valence-electron chi connectivity index (χ2n) is 8.56. The number of nitrogens with one attached hydrogen (secondary N) is 1. The van der Waals surface area contributed by atoms with E-state index >= 15 is 0 Å². The molecule has 0 amide bonds. The Balaban J connectivity index is 1.74. The number of hydrogen-bond acceptors (Lipinski definition) is 6. The summed E-state index contributed by atoms with van der Waals surface area (Å²) < 4.78 is 7.07. The molecule has 0 saturated heterocycles. The third-order valence-corrected chi connectivity index (χ3v) is 6.16. The zero-order valence-electron chi connectivity index (χ0n) is 20.6. The number of hydrogen-bond donors (Lipinski definition) is 1. The molecule has 5 rings (SSSR count). The highest BCUT2D eigenvalue weighted by Crippen LogP contribution is 2.32. The molecule has 5 aromatic rings. The molecule has 8 nitrogen and oxygen atoms in total. The number of nitrogens with zero attached hydrogens (tertiary/aromatic N) is 5.